The second-order valence-electron chi connectivity index (χ2n) is 22.7. The van der Waals surface area contributed by atoms with Crippen molar-refractivity contribution in [1.29, 1.82) is 0 Å². The fourth-order valence-electron chi connectivity index (χ4n) is 8.58. The molecule has 0 saturated carbocycles. The number of unbranched alkanes of at least 4 members (excludes halogenated alkanes) is 20. The summed E-state index contributed by atoms with van der Waals surface area (Å²) < 4.78 is 22.9. The molecule has 9 heteroatoms. The molecule has 0 heterocycles. The van der Waals surface area contributed by atoms with Crippen LogP contribution in [0, 0.1) is 0 Å². The van der Waals surface area contributed by atoms with E-state index in [0.717, 1.165) is 109 Å². The summed E-state index contributed by atoms with van der Waals surface area (Å²) in [6.07, 6.45) is 89.5. The Kier molecular flexibility index (Phi) is 59.5. The van der Waals surface area contributed by atoms with Crippen molar-refractivity contribution in [3.63, 3.8) is 0 Å². The molecule has 0 rings (SSSR count). The first kappa shape index (κ1) is 78.2. The fourth-order valence-corrected chi connectivity index (χ4v) is 8.58. The van der Waals surface area contributed by atoms with Crippen molar-refractivity contribution in [2.75, 3.05) is 47.5 Å². The van der Waals surface area contributed by atoms with Crippen LogP contribution in [0.3, 0.4) is 0 Å². The van der Waals surface area contributed by atoms with Crippen molar-refractivity contribution in [1.82, 2.24) is 0 Å². The number of carbonyl (C=O) groups excluding carboxylic acids is 2. The molecule has 0 aromatic heterocycles. The number of carboxylic acids is 1. The molecule has 0 amide bonds. The van der Waals surface area contributed by atoms with Crippen LogP contribution >= 0.6 is 0 Å². The zero-order chi connectivity index (χ0) is 60.5. The van der Waals surface area contributed by atoms with Gasteiger partial charge in [-0.15, -0.1) is 0 Å². The second kappa shape index (κ2) is 63.2. The summed E-state index contributed by atoms with van der Waals surface area (Å²) in [4.78, 5) is 37.5. The SMILES string of the molecule is CC/C=C\C/C=C\C/C=C\C/C=C\C/C=C\C/C=C\C/C=C\C/C=C\C/C=C\C/C=C\C/C=C\C/C=C\CCCCC(=O)OC(COC(=O)CCCCCCCCCCCCCCCCCCCCC)COC(OCC[N+](C)(C)C)C(=O)O. The van der Waals surface area contributed by atoms with Crippen LogP contribution in [0.2, 0.25) is 0 Å². The molecule has 0 radical (unpaired) electrons. The lowest BCUT2D eigenvalue weighted by Crippen LogP contribution is -2.40. The Labute approximate surface area is 509 Å². The van der Waals surface area contributed by atoms with Crippen LogP contribution in [0.5, 0.6) is 0 Å². The fraction of sp³-hybridized carbons (Fsp3) is 0.635. The minimum atomic E-state index is -1.53. The zero-order valence-electron chi connectivity index (χ0n) is 53.5. The maximum absolute atomic E-state index is 12.9. The number of rotatable bonds is 59. The van der Waals surface area contributed by atoms with Crippen LogP contribution < -0.4 is 0 Å². The second-order valence-corrected chi connectivity index (χ2v) is 22.7. The highest BCUT2D eigenvalue weighted by Crippen LogP contribution is 2.16. The normalized spacial score (nSPS) is 13.7. The average Bonchev–Trinajstić information content (AvgIpc) is 3.46. The first-order chi connectivity index (χ1) is 40.6. The molecule has 2 atom stereocenters. The van der Waals surface area contributed by atoms with Gasteiger partial charge in [0.05, 0.1) is 34.4 Å². The van der Waals surface area contributed by atoms with Crippen molar-refractivity contribution in [3.05, 3.63) is 146 Å². The van der Waals surface area contributed by atoms with Crippen molar-refractivity contribution in [2.45, 2.75) is 257 Å². The maximum Gasteiger partial charge on any atom is 0.361 e. The quantitative estimate of drug-likeness (QED) is 0.0211. The van der Waals surface area contributed by atoms with E-state index in [1.54, 1.807) is 0 Å². The molecule has 0 aromatic carbocycles. The number of hydrogen-bond acceptors (Lipinski definition) is 7. The summed E-state index contributed by atoms with van der Waals surface area (Å²) in [5, 5.41) is 9.72. The van der Waals surface area contributed by atoms with E-state index in [1.807, 2.05) is 21.1 Å². The molecule has 470 valence electrons. The van der Waals surface area contributed by atoms with E-state index >= 15 is 0 Å². The lowest BCUT2D eigenvalue weighted by molar-refractivity contribution is -0.870. The van der Waals surface area contributed by atoms with Gasteiger partial charge < -0.3 is 28.5 Å². The molecule has 0 bridgehead atoms. The van der Waals surface area contributed by atoms with Crippen LogP contribution in [0.25, 0.3) is 0 Å². The van der Waals surface area contributed by atoms with Gasteiger partial charge in [-0.1, -0.05) is 275 Å². The van der Waals surface area contributed by atoms with Gasteiger partial charge in [0.1, 0.15) is 13.2 Å². The number of likely N-dealkylation sites (N-methyl/N-ethyl adjacent to an activating group) is 1. The minimum absolute atomic E-state index is 0.173. The number of carboxylic acid groups (broad SMARTS) is 1. The highest BCUT2D eigenvalue weighted by Gasteiger charge is 2.25. The largest absolute Gasteiger partial charge is 0.477 e. The third kappa shape index (κ3) is 64.6. The average molecular weight is 1150 g/mol. The lowest BCUT2D eigenvalue weighted by Gasteiger charge is -2.25. The van der Waals surface area contributed by atoms with Crippen molar-refractivity contribution in [3.8, 4) is 0 Å². The number of allylic oxidation sites excluding steroid dienone is 24. The van der Waals surface area contributed by atoms with Gasteiger partial charge >= 0.3 is 17.9 Å². The van der Waals surface area contributed by atoms with Crippen molar-refractivity contribution >= 4 is 17.9 Å². The lowest BCUT2D eigenvalue weighted by atomic mass is 10.0. The monoisotopic (exact) mass is 1150 g/mol. The van der Waals surface area contributed by atoms with E-state index in [2.05, 4.69) is 160 Å². The number of esters is 2. The molecule has 0 aliphatic carbocycles. The zero-order valence-corrected chi connectivity index (χ0v) is 53.5. The summed E-state index contributed by atoms with van der Waals surface area (Å²) in [7, 11) is 5.95. The maximum atomic E-state index is 12.9. The Balaban J connectivity index is 4.28. The van der Waals surface area contributed by atoms with Crippen LogP contribution in [-0.4, -0.2) is 87.4 Å². The number of hydrogen-bond donors (Lipinski definition) is 1. The first-order valence-electron chi connectivity index (χ1n) is 33.0. The van der Waals surface area contributed by atoms with E-state index < -0.39 is 24.3 Å². The van der Waals surface area contributed by atoms with Gasteiger partial charge in [0.25, 0.3) is 6.29 Å². The smallest absolute Gasteiger partial charge is 0.361 e. The number of ether oxygens (including phenoxy) is 4. The Bertz CT molecular complexity index is 1870. The number of nitrogens with zero attached hydrogens (tertiary/aromatic N) is 1. The number of carbonyl (C=O) groups is 3. The number of quaternary nitrogens is 1. The van der Waals surface area contributed by atoms with Gasteiger partial charge in [-0.25, -0.2) is 4.79 Å². The molecule has 0 aliphatic heterocycles. The van der Waals surface area contributed by atoms with Crippen molar-refractivity contribution in [2.24, 2.45) is 0 Å². The van der Waals surface area contributed by atoms with E-state index in [4.69, 9.17) is 18.9 Å². The highest BCUT2D eigenvalue weighted by atomic mass is 16.7. The van der Waals surface area contributed by atoms with Gasteiger partial charge in [0, 0.05) is 12.8 Å². The van der Waals surface area contributed by atoms with Crippen LogP contribution in [-0.2, 0) is 33.3 Å². The molecule has 0 aromatic rings. The Morgan fingerprint density at radius 2 is 0.687 bits per heavy atom. The number of aliphatic carboxylic acids is 1. The van der Waals surface area contributed by atoms with Crippen LogP contribution in [0.1, 0.15) is 245 Å². The molecule has 0 spiro atoms. The molecule has 83 heavy (non-hydrogen) atoms. The molecule has 0 aliphatic rings. The third-order valence-electron chi connectivity index (χ3n) is 13.6. The molecule has 0 saturated heterocycles. The van der Waals surface area contributed by atoms with Gasteiger partial charge in [-0.05, 0) is 103 Å². The Morgan fingerprint density at radius 1 is 0.373 bits per heavy atom. The van der Waals surface area contributed by atoms with Gasteiger partial charge in [-0.2, -0.15) is 0 Å². The predicted octanol–water partition coefficient (Wildman–Crippen LogP) is 20.3. The highest BCUT2D eigenvalue weighted by molar-refractivity contribution is 5.71. The van der Waals surface area contributed by atoms with E-state index in [9.17, 15) is 19.5 Å². The molecule has 2 unspecified atom stereocenters. The minimum Gasteiger partial charge on any atom is -0.477 e. The van der Waals surface area contributed by atoms with Gasteiger partial charge in [0.15, 0.2) is 6.10 Å². The summed E-state index contributed by atoms with van der Waals surface area (Å²) in [6.45, 7) is 4.71. The molecular weight excluding hydrogens is 1030 g/mol. The van der Waals surface area contributed by atoms with E-state index in [1.165, 1.54) is 103 Å². The van der Waals surface area contributed by atoms with Crippen LogP contribution in [0.4, 0.5) is 0 Å². The molecule has 0 fully saturated rings. The molecular formula is C74H122NO8+. The first-order valence-corrected chi connectivity index (χ1v) is 33.0. The van der Waals surface area contributed by atoms with Crippen molar-refractivity contribution < 1.29 is 42.9 Å². The Morgan fingerprint density at radius 3 is 1.02 bits per heavy atom. The summed E-state index contributed by atoms with van der Waals surface area (Å²) in [6, 6.07) is 0. The summed E-state index contributed by atoms with van der Waals surface area (Å²) >= 11 is 0. The predicted molar refractivity (Wildman–Crippen MR) is 354 cm³/mol. The standard InChI is InChI=1S/C74H121NO8/c1-6-8-10-12-14-16-18-20-22-24-26-27-28-29-30-31-32-33-34-35-36-37-38-39-40-41-42-43-44-45-47-49-51-53-55-57-59-61-63-65-72(77)83-70(69-82-74(73(78)79)80-67-66-75(3,4)5)68-81-71(76)64-62-60-58-56-54-52-50-48-46-25-23-21-19-17-15-13-11-9-7-2/h8,10,14,16,20,22,26-27,29-30,32-33,35-36,38-39,41-42,44-45,49,51,55,57,70,74H,6-7,9,11-13,15,17-19,21,23-25,28,31,34,37,40,43,46-48,50,52-54,56,58-69H2,1-5H3/p+1/b10-8-,16-14-,22-20-,27-26-,30-29-,33-32-,36-35-,39-38-,42-41-,45-44-,51-49-,57-55-. The molecule has 9 nitrogen and oxygen atoms in total. The van der Waals surface area contributed by atoms with E-state index in [0.29, 0.717) is 17.4 Å². The third-order valence-corrected chi connectivity index (χ3v) is 13.6. The van der Waals surface area contributed by atoms with E-state index in [-0.39, 0.29) is 38.6 Å². The summed E-state index contributed by atoms with van der Waals surface area (Å²) in [5.41, 5.74) is 0. The molecule has 1 N–H and O–H groups in total. The van der Waals surface area contributed by atoms with Crippen LogP contribution in [0.15, 0.2) is 146 Å². The Hall–Kier alpha value is -4.83. The topological polar surface area (TPSA) is 108 Å². The van der Waals surface area contributed by atoms with Gasteiger partial charge in [0.2, 0.25) is 0 Å². The van der Waals surface area contributed by atoms with Gasteiger partial charge in [-0.3, -0.25) is 9.59 Å². The summed E-state index contributed by atoms with van der Waals surface area (Å²) in [5.74, 6) is -2.07.